The minimum absolute atomic E-state index is 0.619. The topological polar surface area (TPSA) is 37.4 Å². The van der Waals surface area contributed by atoms with Gasteiger partial charge in [-0.05, 0) is 31.0 Å². The highest BCUT2D eigenvalue weighted by Crippen LogP contribution is 2.18. The van der Waals surface area contributed by atoms with Gasteiger partial charge in [0.1, 0.15) is 5.82 Å². The minimum Gasteiger partial charge on any atom is -0.385 e. The van der Waals surface area contributed by atoms with E-state index in [1.807, 2.05) is 19.2 Å². The molecule has 0 spiro atoms. The van der Waals surface area contributed by atoms with Crippen molar-refractivity contribution in [2.75, 3.05) is 38.8 Å². The quantitative estimate of drug-likeness (QED) is 0.711. The molecule has 0 aliphatic heterocycles. The summed E-state index contributed by atoms with van der Waals surface area (Å²) in [6.07, 6.45) is 0.984. The Balaban J connectivity index is 2.60. The fourth-order valence-electron chi connectivity index (χ4n) is 1.85. The molecule has 0 saturated heterocycles. The van der Waals surface area contributed by atoms with Crippen LogP contribution < -0.4 is 10.2 Å². The van der Waals surface area contributed by atoms with Gasteiger partial charge in [0.15, 0.2) is 0 Å². The van der Waals surface area contributed by atoms with Crippen molar-refractivity contribution in [2.24, 2.45) is 5.92 Å². The molecule has 1 heterocycles. The molecule has 1 N–H and O–H groups in total. The predicted octanol–water partition coefficient (Wildman–Crippen LogP) is 2.95. The minimum atomic E-state index is 0.619. The van der Waals surface area contributed by atoms with E-state index in [4.69, 9.17) is 16.3 Å². The molecular formula is C15H26ClN3O. The van der Waals surface area contributed by atoms with Gasteiger partial charge in [0.2, 0.25) is 0 Å². The van der Waals surface area contributed by atoms with Gasteiger partial charge in [-0.3, -0.25) is 0 Å². The molecule has 1 rings (SSSR count). The van der Waals surface area contributed by atoms with Crippen molar-refractivity contribution < 1.29 is 4.74 Å². The standard InChI is InChI=1S/C15H26ClN3O/c1-12(2)10-17-11-14-13(16)6-7-15(18-14)19(3)8-5-9-20-4/h6-7,12,17H,5,8-11H2,1-4H3. The van der Waals surface area contributed by atoms with Crippen LogP contribution in [0.5, 0.6) is 0 Å². The van der Waals surface area contributed by atoms with Crippen LogP contribution in [0.2, 0.25) is 5.02 Å². The lowest BCUT2D eigenvalue weighted by Gasteiger charge is -2.19. The summed E-state index contributed by atoms with van der Waals surface area (Å²) in [5, 5.41) is 4.09. The summed E-state index contributed by atoms with van der Waals surface area (Å²) in [6.45, 7) is 7.72. The summed E-state index contributed by atoms with van der Waals surface area (Å²) in [5.74, 6) is 1.57. The molecule has 0 aromatic carbocycles. The number of halogens is 1. The fraction of sp³-hybridized carbons (Fsp3) is 0.667. The van der Waals surface area contributed by atoms with Gasteiger partial charge in [-0.15, -0.1) is 0 Å². The number of ether oxygens (including phenoxy) is 1. The highest BCUT2D eigenvalue weighted by atomic mass is 35.5. The summed E-state index contributed by atoms with van der Waals surface area (Å²) in [5.41, 5.74) is 0.906. The van der Waals surface area contributed by atoms with E-state index in [0.29, 0.717) is 12.5 Å². The highest BCUT2D eigenvalue weighted by Gasteiger charge is 2.07. The van der Waals surface area contributed by atoms with Crippen LogP contribution in [0.4, 0.5) is 5.82 Å². The van der Waals surface area contributed by atoms with E-state index in [1.165, 1.54) is 0 Å². The molecule has 1 aromatic rings. The number of hydrogen-bond donors (Lipinski definition) is 1. The number of nitrogens with one attached hydrogen (secondary N) is 1. The van der Waals surface area contributed by atoms with Gasteiger partial charge in [-0.25, -0.2) is 4.98 Å². The van der Waals surface area contributed by atoms with Gasteiger partial charge in [0, 0.05) is 33.9 Å². The highest BCUT2D eigenvalue weighted by molar-refractivity contribution is 6.31. The predicted molar refractivity (Wildman–Crippen MR) is 85.6 cm³/mol. The van der Waals surface area contributed by atoms with Crippen LogP contribution in [0.3, 0.4) is 0 Å². The maximum absolute atomic E-state index is 6.20. The third-order valence-electron chi connectivity index (χ3n) is 2.98. The number of hydrogen-bond acceptors (Lipinski definition) is 4. The second-order valence-electron chi connectivity index (χ2n) is 5.39. The number of pyridine rings is 1. The third-order valence-corrected chi connectivity index (χ3v) is 3.33. The molecule has 0 saturated carbocycles. The first-order valence-corrected chi connectivity index (χ1v) is 7.48. The van der Waals surface area contributed by atoms with E-state index in [-0.39, 0.29) is 0 Å². The van der Waals surface area contributed by atoms with Gasteiger partial charge in [-0.2, -0.15) is 0 Å². The number of nitrogens with zero attached hydrogens (tertiary/aromatic N) is 2. The lowest BCUT2D eigenvalue weighted by atomic mass is 10.2. The van der Waals surface area contributed by atoms with Gasteiger partial charge in [-0.1, -0.05) is 25.4 Å². The Morgan fingerprint density at radius 1 is 1.40 bits per heavy atom. The average molecular weight is 300 g/mol. The van der Waals surface area contributed by atoms with Crippen LogP contribution >= 0.6 is 11.6 Å². The van der Waals surface area contributed by atoms with Gasteiger partial charge in [0.25, 0.3) is 0 Å². The summed E-state index contributed by atoms with van der Waals surface area (Å²) in [4.78, 5) is 6.76. The molecule has 0 aliphatic carbocycles. The van der Waals surface area contributed by atoms with Crippen molar-refractivity contribution >= 4 is 17.4 Å². The van der Waals surface area contributed by atoms with E-state index in [9.17, 15) is 0 Å². The smallest absolute Gasteiger partial charge is 0.128 e. The zero-order chi connectivity index (χ0) is 15.0. The van der Waals surface area contributed by atoms with Gasteiger partial charge in [0.05, 0.1) is 10.7 Å². The van der Waals surface area contributed by atoms with Crippen LogP contribution in [0.1, 0.15) is 26.0 Å². The van der Waals surface area contributed by atoms with Crippen molar-refractivity contribution in [1.29, 1.82) is 0 Å². The molecule has 4 nitrogen and oxygen atoms in total. The summed E-state index contributed by atoms with van der Waals surface area (Å²) in [7, 11) is 3.76. The van der Waals surface area contributed by atoms with Crippen LogP contribution in [0.25, 0.3) is 0 Å². The molecule has 0 aliphatic rings. The van der Waals surface area contributed by atoms with E-state index in [2.05, 4.69) is 29.0 Å². The molecule has 5 heteroatoms. The van der Waals surface area contributed by atoms with E-state index in [0.717, 1.165) is 42.7 Å². The van der Waals surface area contributed by atoms with Crippen molar-refractivity contribution in [1.82, 2.24) is 10.3 Å². The van der Waals surface area contributed by atoms with E-state index < -0.39 is 0 Å². The van der Waals surface area contributed by atoms with Crippen molar-refractivity contribution in [2.45, 2.75) is 26.8 Å². The van der Waals surface area contributed by atoms with Gasteiger partial charge < -0.3 is 15.0 Å². The lowest BCUT2D eigenvalue weighted by Crippen LogP contribution is -2.23. The first kappa shape index (κ1) is 17.2. The Kier molecular flexibility index (Phi) is 7.88. The molecule has 0 fully saturated rings. The maximum atomic E-state index is 6.20. The number of aromatic nitrogens is 1. The molecule has 20 heavy (non-hydrogen) atoms. The molecular weight excluding hydrogens is 274 g/mol. The molecule has 0 atom stereocenters. The summed E-state index contributed by atoms with van der Waals surface area (Å²) < 4.78 is 5.07. The zero-order valence-electron chi connectivity index (χ0n) is 12.9. The van der Waals surface area contributed by atoms with Crippen molar-refractivity contribution in [3.8, 4) is 0 Å². The van der Waals surface area contributed by atoms with Crippen molar-refractivity contribution in [3.63, 3.8) is 0 Å². The van der Waals surface area contributed by atoms with Crippen LogP contribution in [0, 0.1) is 5.92 Å². The summed E-state index contributed by atoms with van der Waals surface area (Å²) in [6, 6.07) is 3.88. The lowest BCUT2D eigenvalue weighted by molar-refractivity contribution is 0.196. The Morgan fingerprint density at radius 3 is 2.80 bits per heavy atom. The number of rotatable bonds is 9. The second kappa shape index (κ2) is 9.16. The number of anilines is 1. The second-order valence-corrected chi connectivity index (χ2v) is 5.80. The van der Waals surface area contributed by atoms with Crippen molar-refractivity contribution in [3.05, 3.63) is 22.8 Å². The van der Waals surface area contributed by atoms with Crippen LogP contribution in [0.15, 0.2) is 12.1 Å². The fourth-order valence-corrected chi connectivity index (χ4v) is 2.02. The molecule has 0 radical (unpaired) electrons. The molecule has 1 aromatic heterocycles. The number of methoxy groups -OCH3 is 1. The Labute approximate surface area is 127 Å². The third kappa shape index (κ3) is 6.07. The average Bonchev–Trinajstić information content (AvgIpc) is 2.40. The first-order chi connectivity index (χ1) is 9.54. The Morgan fingerprint density at radius 2 is 2.15 bits per heavy atom. The Hall–Kier alpha value is -0.840. The molecule has 0 bridgehead atoms. The molecule has 0 amide bonds. The first-order valence-electron chi connectivity index (χ1n) is 7.10. The van der Waals surface area contributed by atoms with Crippen LogP contribution in [-0.2, 0) is 11.3 Å². The molecule has 0 unspecified atom stereocenters. The van der Waals surface area contributed by atoms with E-state index >= 15 is 0 Å². The normalized spacial score (nSPS) is 11.1. The van der Waals surface area contributed by atoms with Gasteiger partial charge >= 0.3 is 0 Å². The zero-order valence-corrected chi connectivity index (χ0v) is 13.7. The maximum Gasteiger partial charge on any atom is 0.128 e. The molecule has 114 valence electrons. The SMILES string of the molecule is COCCCN(C)c1ccc(Cl)c(CNCC(C)C)n1. The summed E-state index contributed by atoms with van der Waals surface area (Å²) >= 11 is 6.20. The monoisotopic (exact) mass is 299 g/mol. The Bertz CT molecular complexity index is 399. The van der Waals surface area contributed by atoms with Crippen LogP contribution in [-0.4, -0.2) is 38.8 Å². The van der Waals surface area contributed by atoms with E-state index in [1.54, 1.807) is 7.11 Å². The largest absolute Gasteiger partial charge is 0.385 e.